The van der Waals surface area contributed by atoms with Crippen molar-refractivity contribution in [1.82, 2.24) is 21.3 Å². The van der Waals surface area contributed by atoms with Gasteiger partial charge in [0.25, 0.3) is 0 Å². The van der Waals surface area contributed by atoms with Gasteiger partial charge in [-0.25, -0.2) is 14.4 Å². The molecule has 0 radical (unpaired) electrons. The summed E-state index contributed by atoms with van der Waals surface area (Å²) in [5.74, 6) is -6.03. The number of carbonyl (C=O) groups excluding carboxylic acids is 7. The molecule has 0 bridgehead atoms. The highest BCUT2D eigenvalue weighted by Crippen LogP contribution is 2.19. The summed E-state index contributed by atoms with van der Waals surface area (Å²) >= 11 is 3.37. The number of ether oxygens (including phenoxy) is 3. The van der Waals surface area contributed by atoms with E-state index in [1.807, 2.05) is 6.07 Å². The van der Waals surface area contributed by atoms with Crippen LogP contribution in [-0.4, -0.2) is 82.6 Å². The molecule has 5 atom stereocenters. The van der Waals surface area contributed by atoms with Crippen LogP contribution in [0.5, 0.6) is 5.75 Å². The third kappa shape index (κ3) is 17.7. The molecule has 0 aliphatic heterocycles. The number of halogens is 1. The third-order valence-electron chi connectivity index (χ3n) is 8.27. The Bertz CT molecular complexity index is 1750. The maximum atomic E-state index is 13.9. The van der Waals surface area contributed by atoms with E-state index in [0.29, 0.717) is 17.5 Å². The number of nitrogens with one attached hydrogen (secondary N) is 4. The molecule has 2 rings (SSSR count). The predicted molar refractivity (Wildman–Crippen MR) is 208 cm³/mol. The minimum absolute atomic E-state index is 0.0576. The van der Waals surface area contributed by atoms with Gasteiger partial charge in [-0.1, -0.05) is 66.5 Å². The zero-order valence-electron chi connectivity index (χ0n) is 32.4. The summed E-state index contributed by atoms with van der Waals surface area (Å²) in [6.07, 6.45) is -2.96. The third-order valence-corrected chi connectivity index (χ3v) is 9.05. The van der Waals surface area contributed by atoms with E-state index in [-0.39, 0.29) is 44.5 Å². The van der Waals surface area contributed by atoms with Crippen molar-refractivity contribution in [1.29, 1.82) is 0 Å². The number of benzene rings is 2. The van der Waals surface area contributed by atoms with Crippen molar-refractivity contribution in [3.8, 4) is 5.75 Å². The van der Waals surface area contributed by atoms with E-state index >= 15 is 0 Å². The molecular weight excluding hydrogens is 812 g/mol. The van der Waals surface area contributed by atoms with Crippen molar-refractivity contribution in [2.45, 2.75) is 110 Å². The van der Waals surface area contributed by atoms with Crippen LogP contribution in [0.1, 0.15) is 77.8 Å². The molecule has 0 fully saturated rings. The number of nitrogens with two attached hydrogens (primary N) is 2. The standard InChI is InChI=1S/C38H51BrN6O12/c1-6-21(2)31(45-32(48)26(15-17-29(40)46)44-36(53)57-38(3,4)5)34(50)43-28(33(49)42-27(35(51)52)16-18-30(41)47)19-22-11-13-24(14-12-22)56-37(54)55-20-23-9-7-8-10-25(23)39/h7-14,21,26-28,31H,6,15-20H2,1-5H3,(H2,40,46)(H2,41,47)(H,42,49)(H,43,50)(H,44,53)(H,45,48)(H,51,52)/t21-,26-,27-,28-,31-/m0/s1. The van der Waals surface area contributed by atoms with Crippen molar-refractivity contribution in [3.63, 3.8) is 0 Å². The molecule has 18 nitrogen and oxygen atoms in total. The molecule has 0 spiro atoms. The molecule has 0 unspecified atom stereocenters. The van der Waals surface area contributed by atoms with E-state index in [2.05, 4.69) is 37.2 Å². The van der Waals surface area contributed by atoms with Crippen molar-refractivity contribution in [2.24, 2.45) is 17.4 Å². The molecule has 6 amide bonds. The van der Waals surface area contributed by atoms with Crippen LogP contribution >= 0.6 is 15.9 Å². The summed E-state index contributed by atoms with van der Waals surface area (Å²) in [5.41, 5.74) is 10.7. The zero-order valence-corrected chi connectivity index (χ0v) is 34.0. The maximum absolute atomic E-state index is 13.9. The highest BCUT2D eigenvalue weighted by molar-refractivity contribution is 9.10. The average Bonchev–Trinajstić information content (AvgIpc) is 3.12. The van der Waals surface area contributed by atoms with Crippen molar-refractivity contribution >= 4 is 63.7 Å². The normalized spacial score (nSPS) is 13.6. The van der Waals surface area contributed by atoms with E-state index in [9.17, 15) is 43.5 Å². The second-order valence-electron chi connectivity index (χ2n) is 14.1. The van der Waals surface area contributed by atoms with Gasteiger partial charge in [0.2, 0.25) is 29.5 Å². The first-order valence-corrected chi connectivity index (χ1v) is 18.8. The minimum atomic E-state index is -1.54. The van der Waals surface area contributed by atoms with E-state index in [1.54, 1.807) is 52.8 Å². The first kappa shape index (κ1) is 47.4. The molecule has 0 aliphatic rings. The highest BCUT2D eigenvalue weighted by atomic mass is 79.9. The average molecular weight is 864 g/mol. The Kier molecular flexibility index (Phi) is 18.9. The summed E-state index contributed by atoms with van der Waals surface area (Å²) < 4.78 is 16.4. The molecule has 57 heavy (non-hydrogen) atoms. The second-order valence-corrected chi connectivity index (χ2v) is 15.0. The lowest BCUT2D eigenvalue weighted by Gasteiger charge is -2.29. The fourth-order valence-electron chi connectivity index (χ4n) is 5.06. The SMILES string of the molecule is CC[C@H](C)[C@H](NC(=O)[C@H](CCC(N)=O)NC(=O)OC(C)(C)C)C(=O)N[C@@H](Cc1ccc(OC(=O)OCc2ccccc2Br)cc1)C(=O)N[C@@H](CCC(N)=O)C(=O)O. The smallest absolute Gasteiger partial charge is 0.480 e. The lowest BCUT2D eigenvalue weighted by molar-refractivity contribution is -0.142. The van der Waals surface area contributed by atoms with Gasteiger partial charge >= 0.3 is 18.2 Å². The van der Waals surface area contributed by atoms with Gasteiger partial charge in [0, 0.05) is 29.3 Å². The first-order valence-electron chi connectivity index (χ1n) is 18.1. The molecule has 0 aliphatic carbocycles. The van der Waals surface area contributed by atoms with E-state index in [1.165, 1.54) is 24.3 Å². The zero-order chi connectivity index (χ0) is 42.9. The van der Waals surface area contributed by atoms with Crippen LogP contribution in [-0.2, 0) is 51.3 Å². The van der Waals surface area contributed by atoms with Crippen LogP contribution < -0.4 is 37.5 Å². The number of hydrogen-bond donors (Lipinski definition) is 7. The Morgan fingerprint density at radius 1 is 0.772 bits per heavy atom. The Labute approximate surface area is 338 Å². The molecule has 9 N–H and O–H groups in total. The number of carbonyl (C=O) groups is 8. The Balaban J connectivity index is 2.34. The Morgan fingerprint density at radius 2 is 1.33 bits per heavy atom. The van der Waals surface area contributed by atoms with Crippen LogP contribution in [0, 0.1) is 5.92 Å². The maximum Gasteiger partial charge on any atom is 0.514 e. The molecule has 312 valence electrons. The predicted octanol–water partition coefficient (Wildman–Crippen LogP) is 2.72. The van der Waals surface area contributed by atoms with Gasteiger partial charge in [-0.3, -0.25) is 24.0 Å². The molecule has 0 saturated heterocycles. The molecule has 2 aromatic rings. The summed E-state index contributed by atoms with van der Waals surface area (Å²) in [6.45, 7) is 8.19. The van der Waals surface area contributed by atoms with Crippen LogP contribution in [0.4, 0.5) is 9.59 Å². The number of aliphatic carboxylic acids is 1. The quantitative estimate of drug-likeness (QED) is 0.0705. The molecule has 0 heterocycles. The van der Waals surface area contributed by atoms with Crippen LogP contribution in [0.2, 0.25) is 0 Å². The molecule has 19 heteroatoms. The summed E-state index contributed by atoms with van der Waals surface area (Å²) in [7, 11) is 0. The van der Waals surface area contributed by atoms with Gasteiger partial charge < -0.3 is 52.1 Å². The largest absolute Gasteiger partial charge is 0.514 e. The van der Waals surface area contributed by atoms with Crippen LogP contribution in [0.3, 0.4) is 0 Å². The second kappa shape index (κ2) is 22.7. The van der Waals surface area contributed by atoms with Gasteiger partial charge in [-0.2, -0.15) is 0 Å². The van der Waals surface area contributed by atoms with E-state index in [4.69, 9.17) is 25.7 Å². The Hall–Kier alpha value is -5.72. The lowest BCUT2D eigenvalue weighted by Crippen LogP contribution is -2.59. The number of alkyl carbamates (subject to hydrolysis) is 1. The molecule has 0 saturated carbocycles. The number of primary amides is 2. The summed E-state index contributed by atoms with van der Waals surface area (Å²) in [5, 5.41) is 19.7. The van der Waals surface area contributed by atoms with E-state index < -0.39 is 83.4 Å². The van der Waals surface area contributed by atoms with Gasteiger partial charge in [-0.05, 0) is 63.3 Å². The number of carboxylic acid groups (broad SMARTS) is 1. The number of rotatable bonds is 21. The number of hydrogen-bond acceptors (Lipinski definition) is 11. The molecular formula is C38H51BrN6O12. The first-order chi connectivity index (χ1) is 26.7. The monoisotopic (exact) mass is 862 g/mol. The fourth-order valence-corrected chi connectivity index (χ4v) is 5.45. The Morgan fingerprint density at radius 3 is 1.88 bits per heavy atom. The van der Waals surface area contributed by atoms with Crippen LogP contribution in [0.25, 0.3) is 0 Å². The van der Waals surface area contributed by atoms with Gasteiger partial charge in [0.05, 0.1) is 0 Å². The van der Waals surface area contributed by atoms with Crippen molar-refractivity contribution in [3.05, 3.63) is 64.1 Å². The van der Waals surface area contributed by atoms with Crippen LogP contribution in [0.15, 0.2) is 53.0 Å². The van der Waals surface area contributed by atoms with Crippen molar-refractivity contribution in [2.75, 3.05) is 0 Å². The number of amides is 6. The van der Waals surface area contributed by atoms with Gasteiger partial charge in [0.15, 0.2) is 0 Å². The summed E-state index contributed by atoms with van der Waals surface area (Å²) in [6, 6.07) is 7.38. The molecule has 2 aromatic carbocycles. The minimum Gasteiger partial charge on any atom is -0.480 e. The molecule has 0 aromatic heterocycles. The van der Waals surface area contributed by atoms with Crippen molar-refractivity contribution < 1.29 is 57.7 Å². The highest BCUT2D eigenvalue weighted by Gasteiger charge is 2.34. The lowest BCUT2D eigenvalue weighted by atomic mass is 9.96. The van der Waals surface area contributed by atoms with Gasteiger partial charge in [-0.15, -0.1) is 0 Å². The van der Waals surface area contributed by atoms with E-state index in [0.717, 1.165) is 4.47 Å². The number of carboxylic acids is 1. The fraction of sp³-hybridized carbons (Fsp3) is 0.474. The topological polar surface area (TPSA) is 285 Å². The summed E-state index contributed by atoms with van der Waals surface area (Å²) in [4.78, 5) is 101. The van der Waals surface area contributed by atoms with Gasteiger partial charge in [0.1, 0.15) is 42.1 Å².